The molecule has 0 radical (unpaired) electrons. The summed E-state index contributed by atoms with van der Waals surface area (Å²) in [6, 6.07) is 13.2. The molecule has 0 spiro atoms. The Morgan fingerprint density at radius 1 is 1.11 bits per heavy atom. The van der Waals surface area contributed by atoms with Gasteiger partial charge in [-0.25, -0.2) is 4.98 Å². The molecule has 0 fully saturated rings. The number of rotatable bonds is 4. The van der Waals surface area contributed by atoms with Crippen LogP contribution in [0.25, 0.3) is 23.0 Å². The Bertz CT molecular complexity index is 1380. The molecule has 1 atom stereocenters. The SMILES string of the molecule is O=C(/C=C/c1cc(Cl)ccc1-n1cnnn1)N[C@H]1CCCCCCc2ccccc2-c2nc1[nH]c2Cl. The maximum atomic E-state index is 13.0. The lowest BCUT2D eigenvalue weighted by molar-refractivity contribution is -0.117. The van der Waals surface area contributed by atoms with Gasteiger partial charge in [0, 0.05) is 22.2 Å². The summed E-state index contributed by atoms with van der Waals surface area (Å²) in [7, 11) is 0. The standard InChI is InChI=1S/C26H25Cl2N7O/c27-19-12-13-22(35-16-29-33-34-35)18(15-19)11-14-23(36)30-21-10-4-2-1-3-7-17-8-5-6-9-20(17)24-25(28)32-26(21)31-24/h5-6,8-9,11-16,21H,1-4,7,10H2,(H,30,36)(H,31,32)/b14-11+/t21-/m0/s1. The van der Waals surface area contributed by atoms with E-state index in [1.807, 2.05) is 12.1 Å². The molecule has 2 aromatic carbocycles. The van der Waals surface area contributed by atoms with E-state index in [0.29, 0.717) is 27.3 Å². The van der Waals surface area contributed by atoms with Gasteiger partial charge in [0.05, 0.1) is 11.7 Å². The summed E-state index contributed by atoms with van der Waals surface area (Å²) >= 11 is 12.8. The van der Waals surface area contributed by atoms with Crippen molar-refractivity contribution in [3.8, 4) is 16.9 Å². The van der Waals surface area contributed by atoms with Crippen LogP contribution >= 0.6 is 23.2 Å². The zero-order chi connectivity index (χ0) is 24.9. The van der Waals surface area contributed by atoms with Crippen molar-refractivity contribution in [1.29, 1.82) is 0 Å². The van der Waals surface area contributed by atoms with Gasteiger partial charge in [0.2, 0.25) is 5.91 Å². The highest BCUT2D eigenvalue weighted by Gasteiger charge is 2.22. The molecular formula is C26H25Cl2N7O. The van der Waals surface area contributed by atoms with Crippen molar-refractivity contribution in [2.45, 2.75) is 44.6 Å². The number of hydrogen-bond acceptors (Lipinski definition) is 5. The first-order chi connectivity index (χ1) is 17.6. The normalized spacial score (nSPS) is 16.2. The summed E-state index contributed by atoms with van der Waals surface area (Å²) < 4.78 is 1.52. The van der Waals surface area contributed by atoms with Crippen LogP contribution in [0.15, 0.2) is 54.9 Å². The molecule has 8 nitrogen and oxygen atoms in total. The molecule has 2 aromatic heterocycles. The minimum absolute atomic E-state index is 0.246. The molecule has 3 heterocycles. The zero-order valence-corrected chi connectivity index (χ0v) is 21.0. The summed E-state index contributed by atoms with van der Waals surface area (Å²) in [5.74, 6) is 0.411. The number of hydrogen-bond donors (Lipinski definition) is 2. The lowest BCUT2D eigenvalue weighted by Crippen LogP contribution is -2.27. The number of amides is 1. The molecule has 10 heteroatoms. The average molecular weight is 522 g/mol. The number of fused-ring (bicyclic) bond motifs is 4. The number of carbonyl (C=O) groups is 1. The predicted molar refractivity (Wildman–Crippen MR) is 140 cm³/mol. The number of carbonyl (C=O) groups excluding carboxylic acids is 1. The molecule has 5 rings (SSSR count). The molecule has 2 N–H and O–H groups in total. The fourth-order valence-corrected chi connectivity index (χ4v) is 4.92. The Labute approximate surface area is 218 Å². The molecule has 2 bridgehead atoms. The Kier molecular flexibility index (Phi) is 7.44. The number of tetrazole rings is 1. The minimum Gasteiger partial charge on any atom is -0.343 e. The fourth-order valence-electron chi connectivity index (χ4n) is 4.50. The van der Waals surface area contributed by atoms with Crippen LogP contribution in [-0.2, 0) is 11.2 Å². The predicted octanol–water partition coefficient (Wildman–Crippen LogP) is 5.74. The van der Waals surface area contributed by atoms with Crippen molar-refractivity contribution in [3.05, 3.63) is 82.0 Å². The number of aromatic nitrogens is 6. The smallest absolute Gasteiger partial charge is 0.244 e. The van der Waals surface area contributed by atoms with Crippen LogP contribution in [0.2, 0.25) is 10.2 Å². The van der Waals surface area contributed by atoms with E-state index in [1.54, 1.807) is 24.3 Å². The highest BCUT2D eigenvalue weighted by Crippen LogP contribution is 2.32. The van der Waals surface area contributed by atoms with Crippen molar-refractivity contribution in [3.63, 3.8) is 0 Å². The van der Waals surface area contributed by atoms with Crippen LogP contribution in [0.3, 0.4) is 0 Å². The van der Waals surface area contributed by atoms with Gasteiger partial charge in [0.1, 0.15) is 23.0 Å². The third-order valence-corrected chi connectivity index (χ3v) is 6.79. The van der Waals surface area contributed by atoms with Gasteiger partial charge in [-0.3, -0.25) is 4.79 Å². The minimum atomic E-state index is -0.293. The van der Waals surface area contributed by atoms with Gasteiger partial charge < -0.3 is 10.3 Å². The van der Waals surface area contributed by atoms with Crippen molar-refractivity contribution in [2.24, 2.45) is 0 Å². The number of imidazole rings is 1. The molecule has 1 aliphatic rings. The van der Waals surface area contributed by atoms with E-state index in [2.05, 4.69) is 38.0 Å². The molecule has 36 heavy (non-hydrogen) atoms. The summed E-state index contributed by atoms with van der Waals surface area (Å²) in [6.45, 7) is 0. The summed E-state index contributed by atoms with van der Waals surface area (Å²) in [4.78, 5) is 21.0. The molecule has 0 saturated carbocycles. The summed E-state index contributed by atoms with van der Waals surface area (Å²) in [5, 5.41) is 15.4. The summed E-state index contributed by atoms with van der Waals surface area (Å²) in [5.41, 5.74) is 4.42. The first-order valence-electron chi connectivity index (χ1n) is 11.9. The molecule has 4 aromatic rings. The lowest BCUT2D eigenvalue weighted by atomic mass is 9.98. The van der Waals surface area contributed by atoms with Crippen LogP contribution < -0.4 is 5.32 Å². The van der Waals surface area contributed by atoms with E-state index >= 15 is 0 Å². The number of H-pyrrole nitrogens is 1. The molecule has 0 aliphatic carbocycles. The first-order valence-corrected chi connectivity index (χ1v) is 12.7. The fraction of sp³-hybridized carbons (Fsp3) is 0.269. The van der Waals surface area contributed by atoms with Gasteiger partial charge in [-0.2, -0.15) is 4.68 Å². The number of aromatic amines is 1. The Morgan fingerprint density at radius 3 is 2.83 bits per heavy atom. The maximum Gasteiger partial charge on any atom is 0.244 e. The highest BCUT2D eigenvalue weighted by molar-refractivity contribution is 6.32. The number of nitrogens with one attached hydrogen (secondary N) is 2. The number of aryl methyl sites for hydroxylation is 1. The van der Waals surface area contributed by atoms with Gasteiger partial charge in [-0.15, -0.1) is 5.10 Å². The van der Waals surface area contributed by atoms with Crippen molar-refractivity contribution >= 4 is 35.2 Å². The molecule has 1 amide bonds. The van der Waals surface area contributed by atoms with E-state index in [1.165, 1.54) is 22.6 Å². The second kappa shape index (κ2) is 11.1. The molecular weight excluding hydrogens is 497 g/mol. The Hall–Kier alpha value is -3.49. The van der Waals surface area contributed by atoms with E-state index in [0.717, 1.165) is 49.8 Å². The Balaban J connectivity index is 1.40. The largest absolute Gasteiger partial charge is 0.343 e. The van der Waals surface area contributed by atoms with E-state index in [4.69, 9.17) is 28.2 Å². The monoisotopic (exact) mass is 521 g/mol. The van der Waals surface area contributed by atoms with Crippen molar-refractivity contribution < 1.29 is 4.79 Å². The average Bonchev–Trinajstić information content (AvgIpc) is 3.54. The van der Waals surface area contributed by atoms with Crippen LogP contribution in [-0.4, -0.2) is 36.1 Å². The topological polar surface area (TPSA) is 101 Å². The number of benzene rings is 2. The summed E-state index contributed by atoms with van der Waals surface area (Å²) in [6.07, 6.45) is 10.7. The van der Waals surface area contributed by atoms with Gasteiger partial charge >= 0.3 is 0 Å². The van der Waals surface area contributed by atoms with Crippen LogP contribution in [0, 0.1) is 0 Å². The van der Waals surface area contributed by atoms with Gasteiger partial charge in [0.25, 0.3) is 0 Å². The van der Waals surface area contributed by atoms with Crippen LogP contribution in [0.4, 0.5) is 0 Å². The van der Waals surface area contributed by atoms with Gasteiger partial charge in [-0.05, 0) is 59.5 Å². The van der Waals surface area contributed by atoms with Gasteiger partial charge in [0.15, 0.2) is 0 Å². The van der Waals surface area contributed by atoms with Gasteiger partial charge in [-0.1, -0.05) is 66.7 Å². The molecule has 1 aliphatic heterocycles. The second-order valence-corrected chi connectivity index (χ2v) is 9.56. The highest BCUT2D eigenvalue weighted by atomic mass is 35.5. The van der Waals surface area contributed by atoms with E-state index < -0.39 is 0 Å². The molecule has 0 unspecified atom stereocenters. The Morgan fingerprint density at radius 2 is 1.97 bits per heavy atom. The zero-order valence-electron chi connectivity index (χ0n) is 19.5. The number of halogens is 2. The third-order valence-electron chi connectivity index (χ3n) is 6.29. The van der Waals surface area contributed by atoms with Crippen LogP contribution in [0.5, 0.6) is 0 Å². The number of nitrogens with zero attached hydrogens (tertiary/aromatic N) is 5. The van der Waals surface area contributed by atoms with Crippen molar-refractivity contribution in [1.82, 2.24) is 35.5 Å². The molecule has 0 saturated heterocycles. The van der Waals surface area contributed by atoms with Crippen LogP contribution in [0.1, 0.15) is 55.1 Å². The lowest BCUT2D eigenvalue weighted by Gasteiger charge is -2.16. The first kappa shape index (κ1) is 24.2. The third kappa shape index (κ3) is 5.50. The van der Waals surface area contributed by atoms with E-state index in [9.17, 15) is 4.79 Å². The van der Waals surface area contributed by atoms with E-state index in [-0.39, 0.29) is 11.9 Å². The second-order valence-electron chi connectivity index (χ2n) is 8.75. The van der Waals surface area contributed by atoms with Crippen molar-refractivity contribution in [2.75, 3.05) is 0 Å². The molecule has 184 valence electrons. The maximum absolute atomic E-state index is 13.0. The quantitative estimate of drug-likeness (QED) is 0.333.